The molecule has 142 valence electrons. The first-order valence-electron chi connectivity index (χ1n) is 8.85. The topological polar surface area (TPSA) is 73.1 Å². The highest BCUT2D eigenvalue weighted by Gasteiger charge is 2.23. The smallest absolute Gasteiger partial charge is 0.244 e. The molecule has 0 spiro atoms. The zero-order valence-corrected chi connectivity index (χ0v) is 16.4. The number of carbonyl (C=O) groups excluding carboxylic acids is 1. The van der Waals surface area contributed by atoms with Gasteiger partial charge in [0.25, 0.3) is 0 Å². The largest absolute Gasteiger partial charge is 0.497 e. The van der Waals surface area contributed by atoms with Gasteiger partial charge in [0.05, 0.1) is 7.11 Å². The summed E-state index contributed by atoms with van der Waals surface area (Å²) in [4.78, 5) is 14.3. The molecule has 0 aliphatic heterocycles. The number of hydrogen-bond acceptors (Lipinski definition) is 5. The first-order valence-corrected chi connectivity index (χ1v) is 8.85. The number of ether oxygens (including phenoxy) is 1. The summed E-state index contributed by atoms with van der Waals surface area (Å²) in [6, 6.07) is 12.1. The number of tetrazole rings is 1. The molecule has 3 aromatic rings. The van der Waals surface area contributed by atoms with Gasteiger partial charge in [0.1, 0.15) is 12.3 Å². The molecule has 27 heavy (non-hydrogen) atoms. The van der Waals surface area contributed by atoms with Gasteiger partial charge in [-0.15, -0.1) is 5.10 Å². The summed E-state index contributed by atoms with van der Waals surface area (Å²) >= 11 is 0. The average Bonchev–Trinajstić information content (AvgIpc) is 3.09. The van der Waals surface area contributed by atoms with Gasteiger partial charge in [-0.3, -0.25) is 4.79 Å². The third-order valence-electron chi connectivity index (χ3n) is 4.45. The van der Waals surface area contributed by atoms with Crippen LogP contribution in [0.1, 0.15) is 32.2 Å². The lowest BCUT2D eigenvalue weighted by Crippen LogP contribution is -2.32. The van der Waals surface area contributed by atoms with Crippen molar-refractivity contribution < 1.29 is 9.53 Å². The standard InChI is InChI=1S/C20H25N5O2/c1-20(2,3)19-21-22-23-25(19)13-18(26)24(4)12-14-6-7-16-11-17(27-5)9-8-15(16)10-14/h6-11H,12-13H2,1-5H3. The summed E-state index contributed by atoms with van der Waals surface area (Å²) in [6.45, 7) is 6.71. The van der Waals surface area contributed by atoms with E-state index in [1.807, 2.05) is 51.1 Å². The number of amides is 1. The summed E-state index contributed by atoms with van der Waals surface area (Å²) in [5.74, 6) is 1.49. The van der Waals surface area contributed by atoms with Gasteiger partial charge >= 0.3 is 0 Å². The highest BCUT2D eigenvalue weighted by atomic mass is 16.5. The Hall–Kier alpha value is -2.96. The number of likely N-dealkylation sites (N-methyl/N-ethyl adjacent to an activating group) is 1. The number of rotatable bonds is 5. The number of benzene rings is 2. The van der Waals surface area contributed by atoms with Crippen molar-refractivity contribution in [3.8, 4) is 5.75 Å². The van der Waals surface area contributed by atoms with Crippen LogP contribution >= 0.6 is 0 Å². The van der Waals surface area contributed by atoms with Crippen molar-refractivity contribution in [1.29, 1.82) is 0 Å². The highest BCUT2D eigenvalue weighted by molar-refractivity contribution is 5.84. The number of aromatic nitrogens is 4. The zero-order chi connectivity index (χ0) is 19.6. The average molecular weight is 367 g/mol. The number of fused-ring (bicyclic) bond motifs is 1. The third-order valence-corrected chi connectivity index (χ3v) is 4.45. The molecule has 7 heteroatoms. The Kier molecular flexibility index (Phi) is 5.12. The lowest BCUT2D eigenvalue weighted by molar-refractivity contribution is -0.131. The number of methoxy groups -OCH3 is 1. The van der Waals surface area contributed by atoms with Crippen LogP contribution in [0.25, 0.3) is 10.8 Å². The van der Waals surface area contributed by atoms with E-state index in [0.29, 0.717) is 12.4 Å². The van der Waals surface area contributed by atoms with Crippen molar-refractivity contribution in [3.05, 3.63) is 47.8 Å². The normalized spacial score (nSPS) is 11.6. The van der Waals surface area contributed by atoms with Crippen LogP contribution in [0, 0.1) is 0 Å². The highest BCUT2D eigenvalue weighted by Crippen LogP contribution is 2.22. The number of hydrogen-bond donors (Lipinski definition) is 0. The van der Waals surface area contributed by atoms with Gasteiger partial charge in [0, 0.05) is 19.0 Å². The van der Waals surface area contributed by atoms with Crippen molar-refractivity contribution in [3.63, 3.8) is 0 Å². The Morgan fingerprint density at radius 2 is 1.85 bits per heavy atom. The SMILES string of the molecule is COc1ccc2cc(CN(C)C(=O)Cn3nnnc3C(C)(C)C)ccc2c1. The van der Waals surface area contributed by atoms with E-state index in [1.165, 1.54) is 0 Å². The predicted octanol–water partition coefficient (Wildman–Crippen LogP) is 2.79. The monoisotopic (exact) mass is 367 g/mol. The van der Waals surface area contributed by atoms with Gasteiger partial charge in [0.2, 0.25) is 5.91 Å². The third kappa shape index (κ3) is 4.24. The molecule has 0 unspecified atom stereocenters. The van der Waals surface area contributed by atoms with Crippen LogP contribution in [0.4, 0.5) is 0 Å². The van der Waals surface area contributed by atoms with Crippen LogP contribution in [0.3, 0.4) is 0 Å². The Labute approximate surface area is 158 Å². The van der Waals surface area contributed by atoms with Gasteiger partial charge in [-0.2, -0.15) is 0 Å². The van der Waals surface area contributed by atoms with E-state index in [9.17, 15) is 4.79 Å². The van der Waals surface area contributed by atoms with Crippen LogP contribution in [-0.4, -0.2) is 45.2 Å². The molecule has 0 bridgehead atoms. The fraction of sp³-hybridized carbons (Fsp3) is 0.400. The predicted molar refractivity (Wildman–Crippen MR) is 103 cm³/mol. The summed E-state index contributed by atoms with van der Waals surface area (Å²) in [5, 5.41) is 14.0. The quantitative estimate of drug-likeness (QED) is 0.693. The van der Waals surface area contributed by atoms with Crippen molar-refractivity contribution in [2.45, 2.75) is 39.3 Å². The summed E-state index contributed by atoms with van der Waals surface area (Å²) in [6.07, 6.45) is 0. The Morgan fingerprint density at radius 1 is 1.15 bits per heavy atom. The number of carbonyl (C=O) groups is 1. The van der Waals surface area contributed by atoms with Gasteiger partial charge in [-0.1, -0.05) is 39.0 Å². The Morgan fingerprint density at radius 3 is 2.56 bits per heavy atom. The molecule has 7 nitrogen and oxygen atoms in total. The van der Waals surface area contributed by atoms with Crippen molar-refractivity contribution in [2.75, 3.05) is 14.2 Å². The first kappa shape index (κ1) is 18.8. The van der Waals surface area contributed by atoms with Crippen molar-refractivity contribution in [2.24, 2.45) is 0 Å². The maximum absolute atomic E-state index is 12.6. The fourth-order valence-corrected chi connectivity index (χ4v) is 2.96. The summed E-state index contributed by atoms with van der Waals surface area (Å²) in [7, 11) is 3.45. The van der Waals surface area contributed by atoms with Crippen LogP contribution in [0.5, 0.6) is 5.75 Å². The van der Waals surface area contributed by atoms with Gasteiger partial charge in [-0.25, -0.2) is 4.68 Å². The van der Waals surface area contributed by atoms with Gasteiger partial charge in [-0.05, 0) is 45.0 Å². The van der Waals surface area contributed by atoms with Gasteiger partial charge in [0.15, 0.2) is 5.82 Å². The van der Waals surface area contributed by atoms with Gasteiger partial charge < -0.3 is 9.64 Å². The summed E-state index contributed by atoms with van der Waals surface area (Å²) in [5.41, 5.74) is 0.846. The molecular weight excluding hydrogens is 342 g/mol. The molecule has 0 aliphatic rings. The lowest BCUT2D eigenvalue weighted by atomic mass is 9.96. The Bertz CT molecular complexity index is 958. The van der Waals surface area contributed by atoms with Crippen LogP contribution in [0.15, 0.2) is 36.4 Å². The summed E-state index contributed by atoms with van der Waals surface area (Å²) < 4.78 is 6.84. The second-order valence-electron chi connectivity index (χ2n) is 7.71. The first-order chi connectivity index (χ1) is 12.8. The minimum absolute atomic E-state index is 0.0392. The Balaban J connectivity index is 1.71. The van der Waals surface area contributed by atoms with Crippen LogP contribution < -0.4 is 4.74 Å². The molecule has 1 heterocycles. The molecule has 3 rings (SSSR count). The van der Waals surface area contributed by atoms with E-state index in [1.54, 1.807) is 23.7 Å². The molecule has 1 aromatic heterocycles. The molecule has 0 fully saturated rings. The van der Waals surface area contributed by atoms with Crippen molar-refractivity contribution >= 4 is 16.7 Å². The minimum atomic E-state index is -0.220. The molecule has 0 atom stereocenters. The van der Waals surface area contributed by atoms with E-state index < -0.39 is 0 Å². The second-order valence-corrected chi connectivity index (χ2v) is 7.71. The van der Waals surface area contributed by atoms with E-state index in [2.05, 4.69) is 21.6 Å². The van der Waals surface area contributed by atoms with Crippen molar-refractivity contribution in [1.82, 2.24) is 25.1 Å². The molecule has 1 amide bonds. The molecule has 0 saturated carbocycles. The number of nitrogens with zero attached hydrogens (tertiary/aromatic N) is 5. The van der Waals surface area contributed by atoms with E-state index in [4.69, 9.17) is 4.74 Å². The second kappa shape index (κ2) is 7.34. The van der Waals surface area contributed by atoms with Crippen LogP contribution in [-0.2, 0) is 23.3 Å². The molecule has 0 saturated heterocycles. The maximum atomic E-state index is 12.6. The van der Waals surface area contributed by atoms with E-state index >= 15 is 0 Å². The molecule has 0 aliphatic carbocycles. The zero-order valence-electron chi connectivity index (χ0n) is 16.4. The molecule has 0 N–H and O–H groups in total. The lowest BCUT2D eigenvalue weighted by Gasteiger charge is -2.20. The fourth-order valence-electron chi connectivity index (χ4n) is 2.96. The molecule has 2 aromatic carbocycles. The molecular formula is C20H25N5O2. The van der Waals surface area contributed by atoms with Crippen LogP contribution in [0.2, 0.25) is 0 Å². The van der Waals surface area contributed by atoms with E-state index in [0.717, 1.165) is 22.1 Å². The maximum Gasteiger partial charge on any atom is 0.244 e. The molecule has 0 radical (unpaired) electrons. The van der Waals surface area contributed by atoms with E-state index in [-0.39, 0.29) is 17.9 Å². The minimum Gasteiger partial charge on any atom is -0.497 e.